The molecule has 2 saturated heterocycles. The fraction of sp³-hybridized carbons (Fsp3) is 0.526. The second-order valence-electron chi connectivity index (χ2n) is 7.97. The first kappa shape index (κ1) is 19.2. The van der Waals surface area contributed by atoms with Gasteiger partial charge >= 0.3 is 0 Å². The lowest BCUT2D eigenvalue weighted by atomic mass is 9.77. The number of aromatic nitrogens is 7. The van der Waals surface area contributed by atoms with Crippen molar-refractivity contribution in [3.63, 3.8) is 0 Å². The van der Waals surface area contributed by atoms with E-state index in [1.54, 1.807) is 11.0 Å². The highest BCUT2D eigenvalue weighted by atomic mass is 32.1. The van der Waals surface area contributed by atoms with Gasteiger partial charge in [0.25, 0.3) is 0 Å². The van der Waals surface area contributed by atoms with Gasteiger partial charge < -0.3 is 4.90 Å². The Bertz CT molecular complexity index is 1010. The Labute approximate surface area is 178 Å². The molecule has 5 heterocycles. The molecule has 0 aromatic carbocycles. The van der Waals surface area contributed by atoms with Gasteiger partial charge in [-0.25, -0.2) is 9.97 Å². The van der Waals surface area contributed by atoms with Crippen molar-refractivity contribution in [1.82, 2.24) is 39.4 Å². The van der Waals surface area contributed by atoms with Gasteiger partial charge in [-0.2, -0.15) is 9.06 Å². The largest absolute Gasteiger partial charge is 0.303 e. The lowest BCUT2D eigenvalue weighted by Crippen LogP contribution is -2.45. The summed E-state index contributed by atoms with van der Waals surface area (Å²) in [6, 6.07) is 4.05. The van der Waals surface area contributed by atoms with E-state index in [1.807, 2.05) is 17.9 Å². The standard InChI is InChI=1S/C19H23N9OS/c1-14-15(2-3-16(23-14)28-13-21-24-25-28)4-8-26-9-5-19(6-10-26)7-11-27(17(19)29)18-20-12-22-30-18/h2-3,12-13H,4-11H2,1H3. The van der Waals surface area contributed by atoms with Crippen LogP contribution in [0, 0.1) is 12.3 Å². The molecular weight excluding hydrogens is 402 g/mol. The molecule has 2 aliphatic rings. The van der Waals surface area contributed by atoms with Crippen LogP contribution in [-0.2, 0) is 11.2 Å². The van der Waals surface area contributed by atoms with Crippen LogP contribution in [0.5, 0.6) is 0 Å². The average Bonchev–Trinajstić information content (AvgIpc) is 3.52. The van der Waals surface area contributed by atoms with Crippen LogP contribution in [0.15, 0.2) is 24.8 Å². The number of nitrogens with zero attached hydrogens (tertiary/aromatic N) is 9. The number of piperidine rings is 1. The number of amides is 1. The summed E-state index contributed by atoms with van der Waals surface area (Å²) in [6.45, 7) is 5.65. The number of anilines is 1. The Morgan fingerprint density at radius 3 is 2.70 bits per heavy atom. The van der Waals surface area contributed by atoms with Crippen LogP contribution in [0.1, 0.15) is 30.5 Å². The molecule has 10 nitrogen and oxygen atoms in total. The zero-order valence-electron chi connectivity index (χ0n) is 16.8. The Morgan fingerprint density at radius 2 is 2.00 bits per heavy atom. The maximum absolute atomic E-state index is 13.1. The summed E-state index contributed by atoms with van der Waals surface area (Å²) in [5.41, 5.74) is 2.01. The molecule has 1 spiro atoms. The Kier molecular flexibility index (Phi) is 4.99. The van der Waals surface area contributed by atoms with Gasteiger partial charge in [0.1, 0.15) is 12.7 Å². The highest BCUT2D eigenvalue weighted by Gasteiger charge is 2.49. The number of hydrogen-bond donors (Lipinski definition) is 0. The summed E-state index contributed by atoms with van der Waals surface area (Å²) in [5, 5.41) is 11.9. The third-order valence-electron chi connectivity index (χ3n) is 6.37. The van der Waals surface area contributed by atoms with Crippen molar-refractivity contribution in [2.75, 3.05) is 31.1 Å². The molecule has 5 rings (SSSR count). The summed E-state index contributed by atoms with van der Waals surface area (Å²) in [4.78, 5) is 26.2. The average molecular weight is 426 g/mol. The highest BCUT2D eigenvalue weighted by molar-refractivity contribution is 7.09. The van der Waals surface area contributed by atoms with Crippen LogP contribution in [0.25, 0.3) is 5.82 Å². The summed E-state index contributed by atoms with van der Waals surface area (Å²) in [7, 11) is 0. The number of carbonyl (C=O) groups excluding carboxylic acids is 1. The minimum absolute atomic E-state index is 0.215. The number of rotatable bonds is 5. The van der Waals surface area contributed by atoms with Crippen molar-refractivity contribution in [3.8, 4) is 5.82 Å². The molecule has 11 heteroatoms. The number of likely N-dealkylation sites (tertiary alicyclic amines) is 1. The number of hydrogen-bond acceptors (Lipinski definition) is 9. The molecule has 0 saturated carbocycles. The molecule has 3 aromatic heterocycles. The second-order valence-corrected chi connectivity index (χ2v) is 8.73. The fourth-order valence-electron chi connectivity index (χ4n) is 4.47. The van der Waals surface area contributed by atoms with Gasteiger partial charge in [0.05, 0.1) is 5.41 Å². The molecule has 0 aliphatic carbocycles. The Balaban J connectivity index is 1.17. The van der Waals surface area contributed by atoms with Crippen LogP contribution in [0.3, 0.4) is 0 Å². The van der Waals surface area contributed by atoms with Crippen LogP contribution in [-0.4, -0.2) is 71.5 Å². The van der Waals surface area contributed by atoms with Crippen LogP contribution in [0.2, 0.25) is 0 Å². The molecule has 3 aromatic rings. The number of pyridine rings is 1. The fourth-order valence-corrected chi connectivity index (χ4v) is 5.03. The van der Waals surface area contributed by atoms with E-state index in [0.29, 0.717) is 0 Å². The first-order valence-corrected chi connectivity index (χ1v) is 10.9. The van der Waals surface area contributed by atoms with Gasteiger partial charge in [-0.15, -0.1) is 5.10 Å². The second kappa shape index (κ2) is 7.80. The first-order valence-electron chi connectivity index (χ1n) is 10.2. The SMILES string of the molecule is Cc1nc(-n2cnnn2)ccc1CCN1CCC2(CC1)CCN(c1ncns1)C2=O. The van der Waals surface area contributed by atoms with Gasteiger partial charge in [-0.05, 0) is 67.8 Å². The molecule has 1 amide bonds. The number of tetrazole rings is 1. The van der Waals surface area contributed by atoms with Gasteiger partial charge in [0, 0.05) is 30.3 Å². The van der Waals surface area contributed by atoms with Crippen LogP contribution in [0.4, 0.5) is 5.13 Å². The minimum Gasteiger partial charge on any atom is -0.303 e. The highest BCUT2D eigenvalue weighted by Crippen LogP contribution is 2.43. The normalized spacial score (nSPS) is 19.1. The summed E-state index contributed by atoms with van der Waals surface area (Å²) >= 11 is 1.29. The van der Waals surface area contributed by atoms with Crippen LogP contribution >= 0.6 is 11.5 Å². The predicted octanol–water partition coefficient (Wildman–Crippen LogP) is 1.28. The zero-order valence-corrected chi connectivity index (χ0v) is 17.6. The Hall–Kier alpha value is -2.79. The van der Waals surface area contributed by atoms with Crippen molar-refractivity contribution < 1.29 is 4.79 Å². The van der Waals surface area contributed by atoms with Crippen molar-refractivity contribution in [2.24, 2.45) is 5.41 Å². The topological polar surface area (TPSA) is 106 Å². The van der Waals surface area contributed by atoms with E-state index in [4.69, 9.17) is 0 Å². The summed E-state index contributed by atoms with van der Waals surface area (Å²) < 4.78 is 5.60. The smallest absolute Gasteiger partial charge is 0.235 e. The monoisotopic (exact) mass is 425 g/mol. The Morgan fingerprint density at radius 1 is 1.17 bits per heavy atom. The van der Waals surface area contributed by atoms with E-state index in [9.17, 15) is 4.79 Å². The maximum atomic E-state index is 13.1. The van der Waals surface area contributed by atoms with E-state index in [2.05, 4.69) is 40.8 Å². The molecular formula is C19H23N9OS. The van der Waals surface area contributed by atoms with Gasteiger partial charge in [0.15, 0.2) is 5.82 Å². The molecule has 0 bridgehead atoms. The third kappa shape index (κ3) is 3.47. The molecule has 2 aliphatic heterocycles. The molecule has 0 atom stereocenters. The molecule has 156 valence electrons. The first-order chi connectivity index (χ1) is 14.6. The summed E-state index contributed by atoms with van der Waals surface area (Å²) in [5.74, 6) is 0.957. The van der Waals surface area contributed by atoms with E-state index in [0.717, 1.165) is 68.5 Å². The number of carbonyl (C=O) groups is 1. The van der Waals surface area contributed by atoms with Crippen molar-refractivity contribution >= 4 is 22.6 Å². The minimum atomic E-state index is -0.215. The van der Waals surface area contributed by atoms with E-state index >= 15 is 0 Å². The van der Waals surface area contributed by atoms with E-state index in [1.165, 1.54) is 23.4 Å². The van der Waals surface area contributed by atoms with E-state index < -0.39 is 0 Å². The van der Waals surface area contributed by atoms with Crippen molar-refractivity contribution in [2.45, 2.75) is 32.6 Å². The lowest BCUT2D eigenvalue weighted by molar-refractivity contribution is -0.128. The van der Waals surface area contributed by atoms with E-state index in [-0.39, 0.29) is 11.3 Å². The molecule has 2 fully saturated rings. The van der Waals surface area contributed by atoms with Gasteiger partial charge in [0.2, 0.25) is 11.0 Å². The molecule has 0 N–H and O–H groups in total. The maximum Gasteiger partial charge on any atom is 0.235 e. The van der Waals surface area contributed by atoms with Crippen molar-refractivity contribution in [3.05, 3.63) is 36.0 Å². The van der Waals surface area contributed by atoms with Gasteiger partial charge in [-0.3, -0.25) is 9.69 Å². The molecule has 30 heavy (non-hydrogen) atoms. The summed E-state index contributed by atoms with van der Waals surface area (Å²) in [6.07, 6.45) is 6.75. The number of aryl methyl sites for hydroxylation is 1. The lowest BCUT2D eigenvalue weighted by Gasteiger charge is -2.37. The quantitative estimate of drug-likeness (QED) is 0.602. The van der Waals surface area contributed by atoms with Gasteiger partial charge in [-0.1, -0.05) is 6.07 Å². The third-order valence-corrected chi connectivity index (χ3v) is 7.06. The predicted molar refractivity (Wildman–Crippen MR) is 110 cm³/mol. The molecule has 0 unspecified atom stereocenters. The van der Waals surface area contributed by atoms with Crippen molar-refractivity contribution in [1.29, 1.82) is 0 Å². The zero-order chi connectivity index (χ0) is 20.6. The van der Waals surface area contributed by atoms with Crippen LogP contribution < -0.4 is 4.90 Å². The molecule has 0 radical (unpaired) electrons.